The van der Waals surface area contributed by atoms with E-state index in [1.165, 1.54) is 11.4 Å². The van der Waals surface area contributed by atoms with Crippen molar-refractivity contribution in [2.45, 2.75) is 31.6 Å². The van der Waals surface area contributed by atoms with Crippen LogP contribution in [0.5, 0.6) is 5.75 Å². The van der Waals surface area contributed by atoms with Crippen LogP contribution in [0.15, 0.2) is 17.0 Å². The summed E-state index contributed by atoms with van der Waals surface area (Å²) in [5.74, 6) is 0.223. The third kappa shape index (κ3) is 3.50. The fourth-order valence-corrected chi connectivity index (χ4v) is 4.52. The van der Waals surface area contributed by atoms with Gasteiger partial charge >= 0.3 is 0 Å². The number of piperidine rings is 1. The Labute approximate surface area is 137 Å². The number of aryl methyl sites for hydroxylation is 2. The Morgan fingerprint density at radius 1 is 1.22 bits per heavy atom. The van der Waals surface area contributed by atoms with E-state index >= 15 is 0 Å². The molecule has 1 amide bonds. The average Bonchev–Trinajstić information content (AvgIpc) is 2.56. The lowest BCUT2D eigenvalue weighted by molar-refractivity contribution is -0.125. The van der Waals surface area contributed by atoms with Crippen molar-refractivity contribution in [1.82, 2.24) is 9.62 Å². The number of carbonyl (C=O) groups is 1. The van der Waals surface area contributed by atoms with E-state index in [1.807, 2.05) is 13.8 Å². The molecule has 0 saturated carbocycles. The first-order chi connectivity index (χ1) is 10.8. The third-order valence-electron chi connectivity index (χ3n) is 4.47. The number of methoxy groups -OCH3 is 1. The summed E-state index contributed by atoms with van der Waals surface area (Å²) in [4.78, 5) is 11.9. The summed E-state index contributed by atoms with van der Waals surface area (Å²) >= 11 is 0. The van der Waals surface area contributed by atoms with Gasteiger partial charge in [0.25, 0.3) is 0 Å². The van der Waals surface area contributed by atoms with Crippen LogP contribution in [-0.4, -0.2) is 45.9 Å². The van der Waals surface area contributed by atoms with Gasteiger partial charge in [0, 0.05) is 26.1 Å². The molecule has 2 rings (SSSR count). The standard InChI is InChI=1S/C16H24N2O4S/c1-11-9-14(22-4)15(10-12(11)2)23(20,21)18-7-5-13(6-8-18)16(19)17-3/h9-10,13H,5-8H2,1-4H3,(H,17,19). The Hall–Kier alpha value is -1.60. The molecular formula is C16H24N2O4S. The Balaban J connectivity index is 2.27. The van der Waals surface area contributed by atoms with Crippen LogP contribution in [0.4, 0.5) is 0 Å². The predicted molar refractivity (Wildman–Crippen MR) is 88.0 cm³/mol. The van der Waals surface area contributed by atoms with E-state index in [4.69, 9.17) is 4.74 Å². The minimum atomic E-state index is -3.62. The van der Waals surface area contributed by atoms with Crippen molar-refractivity contribution in [3.63, 3.8) is 0 Å². The Morgan fingerprint density at radius 2 is 1.78 bits per heavy atom. The molecule has 1 N–H and O–H groups in total. The highest BCUT2D eigenvalue weighted by molar-refractivity contribution is 7.89. The molecule has 0 bridgehead atoms. The van der Waals surface area contributed by atoms with E-state index in [0.29, 0.717) is 31.7 Å². The van der Waals surface area contributed by atoms with Gasteiger partial charge in [-0.3, -0.25) is 4.79 Å². The van der Waals surface area contributed by atoms with Crippen molar-refractivity contribution >= 4 is 15.9 Å². The maximum Gasteiger partial charge on any atom is 0.246 e. The molecule has 0 radical (unpaired) electrons. The molecule has 0 aromatic heterocycles. The Bertz CT molecular complexity index is 692. The van der Waals surface area contributed by atoms with Crippen LogP contribution in [0.1, 0.15) is 24.0 Å². The first kappa shape index (κ1) is 17.7. The molecule has 1 fully saturated rings. The normalized spacial score (nSPS) is 17.0. The second kappa shape index (κ2) is 6.88. The Morgan fingerprint density at radius 3 is 2.30 bits per heavy atom. The molecule has 1 aromatic rings. The molecule has 1 saturated heterocycles. The smallest absolute Gasteiger partial charge is 0.246 e. The lowest BCUT2D eigenvalue weighted by Crippen LogP contribution is -2.42. The summed E-state index contributed by atoms with van der Waals surface area (Å²) in [7, 11) is -0.548. The lowest BCUT2D eigenvalue weighted by Gasteiger charge is -2.30. The fourth-order valence-electron chi connectivity index (χ4n) is 2.83. The van der Waals surface area contributed by atoms with Gasteiger partial charge in [0.15, 0.2) is 0 Å². The number of hydrogen-bond acceptors (Lipinski definition) is 4. The number of benzene rings is 1. The number of nitrogens with one attached hydrogen (secondary N) is 1. The van der Waals surface area contributed by atoms with E-state index in [1.54, 1.807) is 19.2 Å². The van der Waals surface area contributed by atoms with Gasteiger partial charge in [0.05, 0.1) is 7.11 Å². The van der Waals surface area contributed by atoms with Crippen LogP contribution in [0.25, 0.3) is 0 Å². The number of nitrogens with zero attached hydrogens (tertiary/aromatic N) is 1. The lowest BCUT2D eigenvalue weighted by atomic mass is 9.97. The second-order valence-corrected chi connectivity index (χ2v) is 7.79. The van der Waals surface area contributed by atoms with Gasteiger partial charge < -0.3 is 10.1 Å². The van der Waals surface area contributed by atoms with Gasteiger partial charge in [-0.1, -0.05) is 0 Å². The number of hydrogen-bond donors (Lipinski definition) is 1. The van der Waals surface area contributed by atoms with Gasteiger partial charge in [-0.15, -0.1) is 0 Å². The van der Waals surface area contributed by atoms with Crippen molar-refractivity contribution in [2.75, 3.05) is 27.2 Å². The van der Waals surface area contributed by atoms with Crippen LogP contribution in [0.2, 0.25) is 0 Å². The molecular weight excluding hydrogens is 316 g/mol. The summed E-state index contributed by atoms with van der Waals surface area (Å²) in [6, 6.07) is 3.41. The third-order valence-corrected chi connectivity index (χ3v) is 6.39. The SMILES string of the molecule is CNC(=O)C1CCN(S(=O)(=O)c2cc(C)c(C)cc2OC)CC1. The van der Waals surface area contributed by atoms with Crippen LogP contribution in [0, 0.1) is 19.8 Å². The van der Waals surface area contributed by atoms with Crippen molar-refractivity contribution in [2.24, 2.45) is 5.92 Å². The number of sulfonamides is 1. The van der Waals surface area contributed by atoms with Crippen LogP contribution in [-0.2, 0) is 14.8 Å². The highest BCUT2D eigenvalue weighted by Crippen LogP contribution is 2.31. The van der Waals surface area contributed by atoms with E-state index in [-0.39, 0.29) is 16.7 Å². The highest BCUT2D eigenvalue weighted by Gasteiger charge is 2.33. The molecule has 0 atom stereocenters. The first-order valence-electron chi connectivity index (χ1n) is 7.68. The minimum Gasteiger partial charge on any atom is -0.495 e. The van der Waals surface area contributed by atoms with Crippen molar-refractivity contribution in [3.05, 3.63) is 23.3 Å². The van der Waals surface area contributed by atoms with Gasteiger partial charge in [-0.25, -0.2) is 8.42 Å². The topological polar surface area (TPSA) is 75.7 Å². The second-order valence-electron chi connectivity index (χ2n) is 5.88. The van der Waals surface area contributed by atoms with Gasteiger partial charge in [-0.2, -0.15) is 4.31 Å². The molecule has 23 heavy (non-hydrogen) atoms. The molecule has 1 aliphatic rings. The van der Waals surface area contributed by atoms with Gasteiger partial charge in [0.1, 0.15) is 10.6 Å². The Kier molecular flexibility index (Phi) is 5.31. The van der Waals surface area contributed by atoms with Crippen LogP contribution < -0.4 is 10.1 Å². The number of ether oxygens (including phenoxy) is 1. The summed E-state index contributed by atoms with van der Waals surface area (Å²) < 4.78 is 32.6. The summed E-state index contributed by atoms with van der Waals surface area (Å²) in [5, 5.41) is 2.62. The average molecular weight is 340 g/mol. The van der Waals surface area contributed by atoms with Gasteiger partial charge in [-0.05, 0) is 49.9 Å². The molecule has 1 heterocycles. The largest absolute Gasteiger partial charge is 0.495 e. The van der Waals surface area contributed by atoms with E-state index in [9.17, 15) is 13.2 Å². The number of amides is 1. The number of rotatable bonds is 4. The maximum absolute atomic E-state index is 12.9. The zero-order chi connectivity index (χ0) is 17.2. The molecule has 1 aliphatic heterocycles. The molecule has 128 valence electrons. The van der Waals surface area contributed by atoms with E-state index in [0.717, 1.165) is 11.1 Å². The molecule has 0 aliphatic carbocycles. The quantitative estimate of drug-likeness (QED) is 0.900. The van der Waals surface area contributed by atoms with Crippen molar-refractivity contribution < 1.29 is 17.9 Å². The van der Waals surface area contributed by atoms with Crippen LogP contribution in [0.3, 0.4) is 0 Å². The molecule has 7 heteroatoms. The predicted octanol–water partition coefficient (Wildman–Crippen LogP) is 1.46. The van der Waals surface area contributed by atoms with Crippen molar-refractivity contribution in [1.29, 1.82) is 0 Å². The fraction of sp³-hybridized carbons (Fsp3) is 0.562. The zero-order valence-corrected chi connectivity index (χ0v) is 14.9. The summed E-state index contributed by atoms with van der Waals surface area (Å²) in [5.41, 5.74) is 1.89. The summed E-state index contributed by atoms with van der Waals surface area (Å²) in [6.45, 7) is 4.49. The summed E-state index contributed by atoms with van der Waals surface area (Å²) in [6.07, 6.45) is 1.07. The van der Waals surface area contributed by atoms with Crippen LogP contribution >= 0.6 is 0 Å². The minimum absolute atomic E-state index is 0.0224. The molecule has 6 nitrogen and oxygen atoms in total. The van der Waals surface area contributed by atoms with E-state index in [2.05, 4.69) is 5.32 Å². The molecule has 1 aromatic carbocycles. The van der Waals surface area contributed by atoms with E-state index < -0.39 is 10.0 Å². The highest BCUT2D eigenvalue weighted by atomic mass is 32.2. The molecule has 0 spiro atoms. The maximum atomic E-state index is 12.9. The monoisotopic (exact) mass is 340 g/mol. The van der Waals surface area contributed by atoms with Gasteiger partial charge in [0.2, 0.25) is 15.9 Å². The first-order valence-corrected chi connectivity index (χ1v) is 9.12. The number of carbonyl (C=O) groups excluding carboxylic acids is 1. The molecule has 0 unspecified atom stereocenters. The van der Waals surface area contributed by atoms with Crippen molar-refractivity contribution in [3.8, 4) is 5.75 Å². The zero-order valence-electron chi connectivity index (χ0n) is 14.0.